The highest BCUT2D eigenvalue weighted by atomic mass is 19.4. The van der Waals surface area contributed by atoms with Crippen molar-refractivity contribution in [2.24, 2.45) is 0 Å². The van der Waals surface area contributed by atoms with E-state index in [0.29, 0.717) is 0 Å². The van der Waals surface area contributed by atoms with Crippen LogP contribution in [0.3, 0.4) is 0 Å². The summed E-state index contributed by atoms with van der Waals surface area (Å²) in [6.07, 6.45) is -2.99. The lowest BCUT2D eigenvalue weighted by atomic mass is 9.89. The molecule has 0 spiro atoms. The van der Waals surface area contributed by atoms with Crippen LogP contribution < -0.4 is 5.72 Å². The summed E-state index contributed by atoms with van der Waals surface area (Å²) in [4.78, 5) is 7.35. The fraction of sp³-hybridized carbons (Fsp3) is 0.636. The van der Waals surface area contributed by atoms with Gasteiger partial charge in [0.05, 0.1) is 16.8 Å². The van der Waals surface area contributed by atoms with Gasteiger partial charge in [-0.05, 0) is 27.7 Å². The molecule has 0 N–H and O–H groups in total. The van der Waals surface area contributed by atoms with Crippen molar-refractivity contribution in [3.05, 3.63) is 18.0 Å². The quantitative estimate of drug-likeness (QED) is 0.732. The second-order valence-electron chi connectivity index (χ2n) is 5.42. The second-order valence-corrected chi connectivity index (χ2v) is 5.42. The molecule has 1 aliphatic rings. The number of aromatic nitrogens is 2. The van der Waals surface area contributed by atoms with E-state index >= 15 is 0 Å². The second kappa shape index (κ2) is 4.18. The first-order valence-electron chi connectivity index (χ1n) is 5.78. The van der Waals surface area contributed by atoms with E-state index in [0.717, 1.165) is 12.4 Å². The molecule has 0 aromatic carbocycles. The first-order valence-corrected chi connectivity index (χ1v) is 5.78. The molecule has 0 radical (unpaired) electrons. The van der Waals surface area contributed by atoms with Crippen molar-refractivity contribution in [1.82, 2.24) is 9.97 Å². The molecule has 1 aliphatic heterocycles. The summed E-state index contributed by atoms with van der Waals surface area (Å²) >= 11 is 0. The van der Waals surface area contributed by atoms with Crippen molar-refractivity contribution in [3.63, 3.8) is 0 Å². The van der Waals surface area contributed by atoms with Crippen molar-refractivity contribution < 1.29 is 22.5 Å². The van der Waals surface area contributed by atoms with Crippen LogP contribution in [0, 0.1) is 0 Å². The average Bonchev–Trinajstić information content (AvgIpc) is 2.47. The first kappa shape index (κ1) is 14.3. The third-order valence-electron chi connectivity index (χ3n) is 3.46. The highest BCUT2D eigenvalue weighted by molar-refractivity contribution is 6.60. The SMILES string of the molecule is CC1(C)OB(c2ncc(C(F)(F)F)cn2)OC1(C)C. The highest BCUT2D eigenvalue weighted by Crippen LogP contribution is 2.36. The van der Waals surface area contributed by atoms with Gasteiger partial charge in [-0.3, -0.25) is 0 Å². The standard InChI is InChI=1S/C11H14BF3N2O2/c1-9(2)10(3,4)19-12(18-9)8-16-5-7(6-17-8)11(13,14)15/h5-6H,1-4H3. The number of nitrogens with zero attached hydrogens (tertiary/aromatic N) is 2. The number of alkyl halides is 3. The van der Waals surface area contributed by atoms with Crippen LogP contribution >= 0.6 is 0 Å². The lowest BCUT2D eigenvalue weighted by molar-refractivity contribution is -0.138. The summed E-state index contributed by atoms with van der Waals surface area (Å²) in [5, 5.41) is 0. The van der Waals surface area contributed by atoms with Gasteiger partial charge in [-0.15, -0.1) is 0 Å². The molecule has 2 rings (SSSR count). The molecule has 4 nitrogen and oxygen atoms in total. The highest BCUT2D eigenvalue weighted by Gasteiger charge is 2.53. The topological polar surface area (TPSA) is 44.2 Å². The normalized spacial score (nSPS) is 21.7. The van der Waals surface area contributed by atoms with Crippen LogP contribution in [0.15, 0.2) is 12.4 Å². The van der Waals surface area contributed by atoms with Crippen LogP contribution in [0.2, 0.25) is 0 Å². The summed E-state index contributed by atoms with van der Waals surface area (Å²) in [5.41, 5.74) is -1.97. The molecule has 0 aliphatic carbocycles. The molecular weight excluding hydrogens is 260 g/mol. The zero-order valence-electron chi connectivity index (χ0n) is 11.1. The minimum absolute atomic E-state index is 0.0895. The Balaban J connectivity index is 2.22. The Morgan fingerprint density at radius 2 is 1.42 bits per heavy atom. The van der Waals surface area contributed by atoms with Crippen molar-refractivity contribution >= 4 is 12.8 Å². The maximum Gasteiger partial charge on any atom is 0.534 e. The van der Waals surface area contributed by atoms with E-state index in [1.807, 2.05) is 27.7 Å². The van der Waals surface area contributed by atoms with Gasteiger partial charge in [-0.25, -0.2) is 9.97 Å². The van der Waals surface area contributed by atoms with Crippen molar-refractivity contribution in [1.29, 1.82) is 0 Å². The monoisotopic (exact) mass is 274 g/mol. The van der Waals surface area contributed by atoms with E-state index in [2.05, 4.69) is 9.97 Å². The van der Waals surface area contributed by atoms with Crippen molar-refractivity contribution in [2.45, 2.75) is 45.1 Å². The van der Waals surface area contributed by atoms with E-state index in [1.54, 1.807) is 0 Å². The molecule has 0 saturated carbocycles. The Morgan fingerprint density at radius 3 is 1.79 bits per heavy atom. The molecular formula is C11H14BF3N2O2. The third-order valence-corrected chi connectivity index (χ3v) is 3.46. The molecule has 0 atom stereocenters. The zero-order valence-corrected chi connectivity index (χ0v) is 11.1. The number of hydrogen-bond donors (Lipinski definition) is 0. The van der Waals surface area contributed by atoms with Gasteiger partial charge < -0.3 is 9.31 Å². The van der Waals surface area contributed by atoms with Crippen LogP contribution in [0.1, 0.15) is 33.3 Å². The molecule has 1 fully saturated rings. The lowest BCUT2D eigenvalue weighted by Crippen LogP contribution is -2.41. The Labute approximate surface area is 109 Å². The molecule has 8 heteroatoms. The van der Waals surface area contributed by atoms with Crippen molar-refractivity contribution in [2.75, 3.05) is 0 Å². The molecule has 1 saturated heterocycles. The summed E-state index contributed by atoms with van der Waals surface area (Å²) in [6.45, 7) is 7.38. The molecule has 2 heterocycles. The fourth-order valence-electron chi connectivity index (χ4n) is 1.55. The Bertz CT molecular complexity index is 458. The Hall–Kier alpha value is -1.15. The van der Waals surface area contributed by atoms with Crippen LogP contribution in [-0.4, -0.2) is 28.3 Å². The van der Waals surface area contributed by atoms with Crippen LogP contribution in [0.25, 0.3) is 0 Å². The average molecular weight is 274 g/mol. The van der Waals surface area contributed by atoms with Gasteiger partial charge in [0.15, 0.2) is 5.72 Å². The van der Waals surface area contributed by atoms with Crippen molar-refractivity contribution in [3.8, 4) is 0 Å². The van der Waals surface area contributed by atoms with Gasteiger partial charge in [-0.1, -0.05) is 0 Å². The molecule has 1 aromatic rings. The van der Waals surface area contributed by atoms with E-state index in [1.165, 1.54) is 0 Å². The van der Waals surface area contributed by atoms with Gasteiger partial charge >= 0.3 is 13.3 Å². The Morgan fingerprint density at radius 1 is 1.00 bits per heavy atom. The van der Waals surface area contributed by atoms with E-state index in [-0.39, 0.29) is 5.72 Å². The fourth-order valence-corrected chi connectivity index (χ4v) is 1.55. The molecule has 19 heavy (non-hydrogen) atoms. The minimum Gasteiger partial charge on any atom is -0.397 e. The van der Waals surface area contributed by atoms with Crippen LogP contribution in [0.4, 0.5) is 13.2 Å². The maximum absolute atomic E-state index is 12.4. The van der Waals surface area contributed by atoms with E-state index < -0.39 is 30.1 Å². The summed E-state index contributed by atoms with van der Waals surface area (Å²) in [7, 11) is -0.854. The first-order chi connectivity index (χ1) is 8.53. The summed E-state index contributed by atoms with van der Waals surface area (Å²) in [6, 6.07) is 0. The molecule has 0 bridgehead atoms. The molecule has 0 amide bonds. The summed E-state index contributed by atoms with van der Waals surface area (Å²) in [5.74, 6) is 0. The zero-order chi connectivity index (χ0) is 14.5. The van der Waals surface area contributed by atoms with Gasteiger partial charge in [0.25, 0.3) is 0 Å². The predicted octanol–water partition coefficient (Wildman–Crippen LogP) is 1.79. The molecule has 0 unspecified atom stereocenters. The number of halogens is 3. The van der Waals surface area contributed by atoms with E-state index in [9.17, 15) is 13.2 Å². The van der Waals surface area contributed by atoms with Crippen LogP contribution in [0.5, 0.6) is 0 Å². The Kier molecular flexibility index (Phi) is 3.14. The summed E-state index contributed by atoms with van der Waals surface area (Å²) < 4.78 is 48.5. The predicted molar refractivity (Wildman–Crippen MR) is 62.8 cm³/mol. The van der Waals surface area contributed by atoms with Gasteiger partial charge in [0, 0.05) is 12.4 Å². The lowest BCUT2D eigenvalue weighted by Gasteiger charge is -2.32. The molecule has 104 valence electrons. The van der Waals surface area contributed by atoms with Gasteiger partial charge in [0.2, 0.25) is 0 Å². The number of hydrogen-bond acceptors (Lipinski definition) is 4. The smallest absolute Gasteiger partial charge is 0.397 e. The van der Waals surface area contributed by atoms with E-state index in [4.69, 9.17) is 9.31 Å². The molecule has 1 aromatic heterocycles. The minimum atomic E-state index is -4.45. The van der Waals surface area contributed by atoms with Gasteiger partial charge in [-0.2, -0.15) is 13.2 Å². The number of rotatable bonds is 1. The maximum atomic E-state index is 12.4. The third kappa shape index (κ3) is 2.60. The largest absolute Gasteiger partial charge is 0.534 e. The van der Waals surface area contributed by atoms with Gasteiger partial charge in [0.1, 0.15) is 0 Å². The van der Waals surface area contributed by atoms with Crippen LogP contribution in [-0.2, 0) is 15.5 Å².